The lowest BCUT2D eigenvalue weighted by atomic mass is 10.1. The van der Waals surface area contributed by atoms with Gasteiger partial charge in [-0.25, -0.2) is 4.79 Å². The second kappa shape index (κ2) is 7.12. The number of rotatable bonds is 4. The van der Waals surface area contributed by atoms with Crippen LogP contribution in [0.4, 0.5) is 16.2 Å². The summed E-state index contributed by atoms with van der Waals surface area (Å²) in [5, 5.41) is 11.2. The Morgan fingerprint density at radius 1 is 1.12 bits per heavy atom. The molecule has 6 nitrogen and oxygen atoms in total. The molecular weight excluding hydrogens is 306 g/mol. The van der Waals surface area contributed by atoms with Gasteiger partial charge in [0.25, 0.3) is 5.69 Å². The fourth-order valence-electron chi connectivity index (χ4n) is 2.60. The first-order valence-corrected chi connectivity index (χ1v) is 7.59. The Hall–Kier alpha value is -2.89. The maximum absolute atomic E-state index is 12.6. The number of nitrogens with zero attached hydrogens (tertiary/aromatic N) is 3. The molecular formula is C18H21N3O3. The average Bonchev–Trinajstić information content (AvgIpc) is 2.52. The number of benzene rings is 2. The Kier molecular flexibility index (Phi) is 5.18. The molecule has 0 unspecified atom stereocenters. The van der Waals surface area contributed by atoms with Gasteiger partial charge in [0.15, 0.2) is 0 Å². The van der Waals surface area contributed by atoms with Gasteiger partial charge in [-0.1, -0.05) is 35.9 Å². The van der Waals surface area contributed by atoms with E-state index in [4.69, 9.17) is 0 Å². The van der Waals surface area contributed by atoms with Gasteiger partial charge in [-0.15, -0.1) is 0 Å². The first-order valence-electron chi connectivity index (χ1n) is 7.59. The Morgan fingerprint density at radius 3 is 2.38 bits per heavy atom. The molecule has 0 N–H and O–H groups in total. The number of hydrogen-bond donors (Lipinski definition) is 0. The number of aryl methyl sites for hydroxylation is 2. The SMILES string of the molecule is Cc1ccc(N(Cc2ccccc2[N+](=O)[O-])C(=O)N(C)C)c(C)c1. The lowest BCUT2D eigenvalue weighted by Gasteiger charge is -2.27. The second-order valence-corrected chi connectivity index (χ2v) is 5.94. The molecule has 0 saturated carbocycles. The van der Waals surface area contributed by atoms with Crippen molar-refractivity contribution in [2.75, 3.05) is 19.0 Å². The van der Waals surface area contributed by atoms with Gasteiger partial charge in [0.1, 0.15) is 0 Å². The van der Waals surface area contributed by atoms with Crippen molar-refractivity contribution in [1.82, 2.24) is 4.90 Å². The molecule has 0 aliphatic carbocycles. The minimum absolute atomic E-state index is 0.0128. The average molecular weight is 327 g/mol. The van der Waals surface area contributed by atoms with E-state index in [9.17, 15) is 14.9 Å². The zero-order valence-electron chi connectivity index (χ0n) is 14.3. The summed E-state index contributed by atoms with van der Waals surface area (Å²) in [6, 6.07) is 12.1. The summed E-state index contributed by atoms with van der Waals surface area (Å²) < 4.78 is 0. The minimum atomic E-state index is -0.421. The highest BCUT2D eigenvalue weighted by molar-refractivity contribution is 5.92. The molecule has 0 fully saturated rings. The van der Waals surface area contributed by atoms with Crippen molar-refractivity contribution in [1.29, 1.82) is 0 Å². The van der Waals surface area contributed by atoms with Crippen molar-refractivity contribution in [3.63, 3.8) is 0 Å². The van der Waals surface area contributed by atoms with Crippen molar-refractivity contribution in [3.05, 3.63) is 69.3 Å². The molecule has 0 spiro atoms. The van der Waals surface area contributed by atoms with E-state index in [-0.39, 0.29) is 18.3 Å². The lowest BCUT2D eigenvalue weighted by molar-refractivity contribution is -0.385. The molecule has 2 aromatic rings. The van der Waals surface area contributed by atoms with Crippen LogP contribution >= 0.6 is 0 Å². The van der Waals surface area contributed by atoms with Crippen molar-refractivity contribution >= 4 is 17.4 Å². The number of amides is 2. The van der Waals surface area contributed by atoms with Crippen molar-refractivity contribution in [2.45, 2.75) is 20.4 Å². The maximum atomic E-state index is 12.6. The van der Waals surface area contributed by atoms with Gasteiger partial charge < -0.3 is 4.90 Å². The summed E-state index contributed by atoms with van der Waals surface area (Å²) >= 11 is 0. The van der Waals surface area contributed by atoms with Crippen LogP contribution in [-0.2, 0) is 6.54 Å². The topological polar surface area (TPSA) is 66.7 Å². The number of para-hydroxylation sites is 1. The smallest absolute Gasteiger partial charge is 0.324 e. The van der Waals surface area contributed by atoms with Gasteiger partial charge in [-0.2, -0.15) is 0 Å². The third-order valence-electron chi connectivity index (χ3n) is 3.77. The van der Waals surface area contributed by atoms with E-state index in [0.29, 0.717) is 5.56 Å². The molecule has 0 aliphatic rings. The molecule has 2 amide bonds. The summed E-state index contributed by atoms with van der Waals surface area (Å²) in [5.41, 5.74) is 3.30. The largest absolute Gasteiger partial charge is 0.330 e. The Labute approximate surface area is 141 Å². The van der Waals surface area contributed by atoms with Crippen LogP contribution < -0.4 is 4.90 Å². The van der Waals surface area contributed by atoms with Gasteiger partial charge in [0.05, 0.1) is 11.5 Å². The molecule has 0 radical (unpaired) electrons. The van der Waals surface area contributed by atoms with Crippen molar-refractivity contribution in [2.24, 2.45) is 0 Å². The molecule has 0 bridgehead atoms. The molecule has 126 valence electrons. The second-order valence-electron chi connectivity index (χ2n) is 5.94. The van der Waals surface area contributed by atoms with E-state index in [1.54, 1.807) is 37.2 Å². The van der Waals surface area contributed by atoms with Crippen LogP contribution in [0.1, 0.15) is 16.7 Å². The molecule has 24 heavy (non-hydrogen) atoms. The number of carbonyl (C=O) groups is 1. The monoisotopic (exact) mass is 327 g/mol. The minimum Gasteiger partial charge on any atom is -0.330 e. The summed E-state index contributed by atoms with van der Waals surface area (Å²) in [6.07, 6.45) is 0. The molecule has 0 aromatic heterocycles. The van der Waals surface area contributed by atoms with Crippen LogP contribution in [0.25, 0.3) is 0 Å². The van der Waals surface area contributed by atoms with Crippen LogP contribution in [0, 0.1) is 24.0 Å². The van der Waals surface area contributed by atoms with E-state index < -0.39 is 4.92 Å². The normalized spacial score (nSPS) is 10.3. The number of urea groups is 1. The first-order chi connectivity index (χ1) is 11.3. The van der Waals surface area contributed by atoms with Gasteiger partial charge in [-0.3, -0.25) is 15.0 Å². The Morgan fingerprint density at radius 2 is 1.79 bits per heavy atom. The Bertz CT molecular complexity index is 772. The highest BCUT2D eigenvalue weighted by Gasteiger charge is 2.23. The number of carbonyl (C=O) groups excluding carboxylic acids is 1. The van der Waals surface area contributed by atoms with E-state index >= 15 is 0 Å². The number of anilines is 1. The zero-order chi connectivity index (χ0) is 17.9. The van der Waals surface area contributed by atoms with Crippen molar-refractivity contribution in [3.8, 4) is 0 Å². The molecule has 0 aliphatic heterocycles. The van der Waals surface area contributed by atoms with Gasteiger partial charge in [-0.05, 0) is 25.5 Å². The van der Waals surface area contributed by atoms with Gasteiger partial charge in [0.2, 0.25) is 0 Å². The number of nitro groups is 1. The van der Waals surface area contributed by atoms with Crippen LogP contribution in [0.3, 0.4) is 0 Å². The predicted octanol–water partition coefficient (Wildman–Crippen LogP) is 3.90. The van der Waals surface area contributed by atoms with E-state index in [1.165, 1.54) is 11.0 Å². The van der Waals surface area contributed by atoms with Crippen LogP contribution in [0.15, 0.2) is 42.5 Å². The highest BCUT2D eigenvalue weighted by Crippen LogP contribution is 2.27. The molecule has 0 saturated heterocycles. The van der Waals surface area contributed by atoms with E-state index in [0.717, 1.165) is 16.8 Å². The maximum Gasteiger partial charge on any atom is 0.324 e. The summed E-state index contributed by atoms with van der Waals surface area (Å²) in [7, 11) is 3.33. The number of hydrogen-bond acceptors (Lipinski definition) is 3. The fourth-order valence-corrected chi connectivity index (χ4v) is 2.60. The standard InChI is InChI=1S/C18H21N3O3/c1-13-9-10-16(14(2)11-13)20(18(22)19(3)4)12-15-7-5-6-8-17(15)21(23)24/h5-11H,12H2,1-4H3. The van der Waals surface area contributed by atoms with Gasteiger partial charge >= 0.3 is 6.03 Å². The van der Waals surface area contributed by atoms with Gasteiger partial charge in [0, 0.05) is 31.4 Å². The third kappa shape index (κ3) is 3.71. The quantitative estimate of drug-likeness (QED) is 0.632. The van der Waals surface area contributed by atoms with E-state index in [2.05, 4.69) is 0 Å². The van der Waals surface area contributed by atoms with Crippen LogP contribution in [-0.4, -0.2) is 29.9 Å². The predicted molar refractivity (Wildman–Crippen MR) is 94.3 cm³/mol. The zero-order valence-corrected chi connectivity index (χ0v) is 14.3. The lowest BCUT2D eigenvalue weighted by Crippen LogP contribution is -2.39. The molecule has 0 atom stereocenters. The van der Waals surface area contributed by atoms with E-state index in [1.807, 2.05) is 32.0 Å². The highest BCUT2D eigenvalue weighted by atomic mass is 16.6. The summed E-state index contributed by atoms with van der Waals surface area (Å²) in [6.45, 7) is 4.05. The third-order valence-corrected chi connectivity index (χ3v) is 3.77. The van der Waals surface area contributed by atoms with Crippen LogP contribution in [0.5, 0.6) is 0 Å². The fraction of sp³-hybridized carbons (Fsp3) is 0.278. The Balaban J connectivity index is 2.49. The summed E-state index contributed by atoms with van der Waals surface area (Å²) in [5.74, 6) is 0. The number of nitro benzene ring substituents is 1. The molecule has 2 aromatic carbocycles. The molecule has 2 rings (SSSR count). The first kappa shape index (κ1) is 17.5. The summed E-state index contributed by atoms with van der Waals surface area (Å²) in [4.78, 5) is 26.5. The van der Waals surface area contributed by atoms with Crippen molar-refractivity contribution < 1.29 is 9.72 Å². The van der Waals surface area contributed by atoms with Crippen LogP contribution in [0.2, 0.25) is 0 Å². The molecule has 6 heteroatoms. The molecule has 0 heterocycles.